The molecular formula is C10H10FN3O. The molecule has 15 heavy (non-hydrogen) atoms. The molecule has 1 aromatic carbocycles. The Morgan fingerprint density at radius 2 is 2.13 bits per heavy atom. The predicted molar refractivity (Wildman–Crippen MR) is 53.1 cm³/mol. The minimum absolute atomic E-state index is 0.0249. The van der Waals surface area contributed by atoms with Crippen LogP contribution in [0.5, 0.6) is 5.75 Å². The number of hydrogen-bond acceptors (Lipinski definition) is 3. The second kappa shape index (κ2) is 3.70. The van der Waals surface area contributed by atoms with Gasteiger partial charge in [-0.15, -0.1) is 0 Å². The predicted octanol–water partition coefficient (Wildman–Crippen LogP) is 1.18. The van der Waals surface area contributed by atoms with Crippen LogP contribution in [0.4, 0.5) is 4.39 Å². The topological polar surface area (TPSA) is 64.1 Å². The molecule has 0 aliphatic heterocycles. The van der Waals surface area contributed by atoms with Crippen LogP contribution < -0.4 is 5.73 Å². The first-order chi connectivity index (χ1) is 7.24. The van der Waals surface area contributed by atoms with Gasteiger partial charge in [-0.3, -0.25) is 0 Å². The maximum atomic E-state index is 13.6. The first-order valence-electron chi connectivity index (χ1n) is 4.45. The van der Waals surface area contributed by atoms with E-state index in [9.17, 15) is 9.50 Å². The molecule has 0 radical (unpaired) electrons. The number of nitrogens with zero attached hydrogens (tertiary/aromatic N) is 2. The van der Waals surface area contributed by atoms with Crippen molar-refractivity contribution in [2.24, 2.45) is 5.73 Å². The smallest absolute Gasteiger partial charge is 0.220 e. The van der Waals surface area contributed by atoms with Crippen LogP contribution >= 0.6 is 0 Å². The summed E-state index contributed by atoms with van der Waals surface area (Å²) in [7, 11) is 0. The molecule has 0 fully saturated rings. The Hall–Kier alpha value is -1.88. The highest BCUT2D eigenvalue weighted by molar-refractivity contribution is 5.45. The molecule has 0 aliphatic rings. The van der Waals surface area contributed by atoms with Crippen LogP contribution in [0.1, 0.15) is 5.56 Å². The summed E-state index contributed by atoms with van der Waals surface area (Å²) in [6.07, 6.45) is 1.35. The van der Waals surface area contributed by atoms with Crippen LogP contribution in [0.25, 0.3) is 5.69 Å². The molecule has 0 unspecified atom stereocenters. The highest BCUT2D eigenvalue weighted by Gasteiger charge is 2.12. The van der Waals surface area contributed by atoms with Crippen LogP contribution in [-0.2, 0) is 6.54 Å². The van der Waals surface area contributed by atoms with Gasteiger partial charge in [0.05, 0.1) is 6.20 Å². The van der Waals surface area contributed by atoms with E-state index in [1.807, 2.05) is 0 Å². The summed E-state index contributed by atoms with van der Waals surface area (Å²) in [5, 5.41) is 13.3. The average molecular weight is 207 g/mol. The van der Waals surface area contributed by atoms with Gasteiger partial charge in [0.25, 0.3) is 0 Å². The van der Waals surface area contributed by atoms with E-state index in [0.717, 1.165) is 4.68 Å². The monoisotopic (exact) mass is 207 g/mol. The van der Waals surface area contributed by atoms with Crippen molar-refractivity contribution < 1.29 is 9.50 Å². The van der Waals surface area contributed by atoms with Crippen molar-refractivity contribution in [3.8, 4) is 11.4 Å². The van der Waals surface area contributed by atoms with E-state index in [4.69, 9.17) is 5.73 Å². The number of halogens is 1. The third-order valence-corrected chi connectivity index (χ3v) is 2.11. The van der Waals surface area contributed by atoms with Crippen molar-refractivity contribution >= 4 is 0 Å². The maximum absolute atomic E-state index is 13.6. The first-order valence-corrected chi connectivity index (χ1v) is 4.45. The van der Waals surface area contributed by atoms with Crippen LogP contribution in [0.2, 0.25) is 0 Å². The molecule has 1 aromatic heterocycles. The van der Waals surface area contributed by atoms with E-state index in [2.05, 4.69) is 5.10 Å². The van der Waals surface area contributed by atoms with Gasteiger partial charge in [-0.1, -0.05) is 12.1 Å². The maximum Gasteiger partial charge on any atom is 0.220 e. The summed E-state index contributed by atoms with van der Waals surface area (Å²) in [6, 6.07) is 6.40. The van der Waals surface area contributed by atoms with Gasteiger partial charge in [0.1, 0.15) is 11.4 Å². The minimum Gasteiger partial charge on any atom is -0.506 e. The van der Waals surface area contributed by atoms with Gasteiger partial charge >= 0.3 is 0 Å². The lowest BCUT2D eigenvalue weighted by Crippen LogP contribution is -2.03. The second-order valence-corrected chi connectivity index (χ2v) is 3.07. The van der Waals surface area contributed by atoms with Crippen molar-refractivity contribution in [2.45, 2.75) is 6.54 Å². The summed E-state index contributed by atoms with van der Waals surface area (Å²) in [5.41, 5.74) is 5.94. The van der Waals surface area contributed by atoms with Gasteiger partial charge in [-0.2, -0.15) is 9.49 Å². The van der Waals surface area contributed by atoms with E-state index < -0.39 is 5.95 Å². The number of nitrogens with two attached hydrogens (primary N) is 1. The van der Waals surface area contributed by atoms with E-state index in [-0.39, 0.29) is 12.3 Å². The van der Waals surface area contributed by atoms with Crippen LogP contribution in [0.3, 0.4) is 0 Å². The summed E-state index contributed by atoms with van der Waals surface area (Å²) in [5.74, 6) is -0.568. The molecule has 4 nitrogen and oxygen atoms in total. The Bertz CT molecular complexity index is 481. The molecule has 0 bridgehead atoms. The Morgan fingerprint density at radius 1 is 1.40 bits per heavy atom. The van der Waals surface area contributed by atoms with Crippen molar-refractivity contribution in [1.29, 1.82) is 0 Å². The lowest BCUT2D eigenvalue weighted by molar-refractivity contribution is 0.459. The number of phenolic OH excluding ortho intramolecular Hbond substituents is 1. The Balaban J connectivity index is 2.55. The number of rotatable bonds is 2. The van der Waals surface area contributed by atoms with Gasteiger partial charge in [0.2, 0.25) is 5.95 Å². The molecule has 5 heteroatoms. The van der Waals surface area contributed by atoms with Crippen molar-refractivity contribution in [3.05, 3.63) is 42.0 Å². The molecule has 0 saturated carbocycles. The molecule has 2 aromatic rings. The number of hydrogen-bond donors (Lipinski definition) is 2. The molecule has 78 valence electrons. The zero-order valence-corrected chi connectivity index (χ0v) is 7.89. The summed E-state index contributed by atoms with van der Waals surface area (Å²) in [6.45, 7) is 0.0828. The van der Waals surface area contributed by atoms with Gasteiger partial charge in [-0.05, 0) is 12.1 Å². The van der Waals surface area contributed by atoms with Gasteiger partial charge in [-0.25, -0.2) is 4.68 Å². The molecule has 0 aliphatic carbocycles. The third kappa shape index (κ3) is 1.57. The fourth-order valence-corrected chi connectivity index (χ4v) is 1.32. The fourth-order valence-electron chi connectivity index (χ4n) is 1.32. The molecule has 0 spiro atoms. The second-order valence-electron chi connectivity index (χ2n) is 3.07. The van der Waals surface area contributed by atoms with E-state index in [1.165, 1.54) is 12.3 Å². The Labute approximate surface area is 85.8 Å². The van der Waals surface area contributed by atoms with E-state index in [1.54, 1.807) is 18.2 Å². The minimum atomic E-state index is -0.543. The summed E-state index contributed by atoms with van der Waals surface area (Å²) < 4.78 is 14.6. The fraction of sp³-hybridized carbons (Fsp3) is 0.100. The largest absolute Gasteiger partial charge is 0.506 e. The summed E-state index contributed by atoms with van der Waals surface area (Å²) in [4.78, 5) is 0. The summed E-state index contributed by atoms with van der Waals surface area (Å²) >= 11 is 0. The Kier molecular flexibility index (Phi) is 2.39. The molecule has 0 atom stereocenters. The zero-order valence-electron chi connectivity index (χ0n) is 7.89. The molecular weight excluding hydrogens is 197 g/mol. The first kappa shape index (κ1) is 9.67. The average Bonchev–Trinajstić information content (AvgIpc) is 2.60. The lowest BCUT2D eigenvalue weighted by atomic mass is 10.3. The number of phenols is 1. The third-order valence-electron chi connectivity index (χ3n) is 2.11. The van der Waals surface area contributed by atoms with Crippen molar-refractivity contribution in [1.82, 2.24) is 9.78 Å². The number of aromatic nitrogens is 2. The van der Waals surface area contributed by atoms with Gasteiger partial charge < -0.3 is 10.8 Å². The highest BCUT2D eigenvalue weighted by atomic mass is 19.1. The normalized spacial score (nSPS) is 10.5. The molecule has 0 amide bonds. The van der Waals surface area contributed by atoms with Crippen LogP contribution in [-0.4, -0.2) is 14.9 Å². The van der Waals surface area contributed by atoms with Crippen LogP contribution in [0, 0.1) is 5.95 Å². The molecule has 1 heterocycles. The number of para-hydroxylation sites is 2. The highest BCUT2D eigenvalue weighted by Crippen LogP contribution is 2.22. The van der Waals surface area contributed by atoms with Gasteiger partial charge in [0, 0.05) is 12.1 Å². The quantitative estimate of drug-likeness (QED) is 0.777. The Morgan fingerprint density at radius 3 is 2.73 bits per heavy atom. The van der Waals surface area contributed by atoms with Crippen molar-refractivity contribution in [2.75, 3.05) is 0 Å². The SMILES string of the molecule is NCc1cnn(-c2ccccc2O)c1F. The standard InChI is InChI=1S/C10H10FN3O/c11-10-7(5-12)6-13-14(10)8-3-1-2-4-9(8)15/h1-4,6,15H,5,12H2. The molecule has 0 saturated heterocycles. The zero-order chi connectivity index (χ0) is 10.8. The van der Waals surface area contributed by atoms with Gasteiger partial charge in [0.15, 0.2) is 0 Å². The lowest BCUT2D eigenvalue weighted by Gasteiger charge is -2.04. The molecule has 3 N–H and O–H groups in total. The van der Waals surface area contributed by atoms with E-state index >= 15 is 0 Å². The van der Waals surface area contributed by atoms with Crippen LogP contribution in [0.15, 0.2) is 30.5 Å². The van der Waals surface area contributed by atoms with E-state index in [0.29, 0.717) is 11.3 Å². The molecule has 2 rings (SSSR count). The number of aromatic hydroxyl groups is 1. The number of benzene rings is 1. The van der Waals surface area contributed by atoms with Crippen molar-refractivity contribution in [3.63, 3.8) is 0 Å².